The number of fused-ring (bicyclic) bond motifs is 3. The van der Waals surface area contributed by atoms with Gasteiger partial charge in [0.15, 0.2) is 5.78 Å². The smallest absolute Gasteiger partial charge is 0.306 e. The van der Waals surface area contributed by atoms with Crippen LogP contribution >= 0.6 is 0 Å². The standard InChI is InChI=1S/C34H54O6/c1-6-7-8-9-10-11-12-13-14-15-16-17-27(35)40-21-24-19-25-28-26(32(28,4)5)18-23(3)33(31(25)38)20-22(2)29(36)34(33,39)30(24)37/h19-20,23,25-26,28-30,36-37,39H,6-18,21H2,1-5H3/t23-,25-,26-,28+,29+,30-,33+,34-/m1/s1. The molecule has 0 saturated heterocycles. The van der Waals surface area contributed by atoms with Crippen molar-refractivity contribution in [1.29, 1.82) is 0 Å². The molecule has 4 aliphatic carbocycles. The Labute approximate surface area is 241 Å². The zero-order valence-corrected chi connectivity index (χ0v) is 25.6. The molecule has 2 saturated carbocycles. The van der Waals surface area contributed by atoms with Crippen molar-refractivity contribution in [3.63, 3.8) is 0 Å². The molecule has 2 bridgehead atoms. The lowest BCUT2D eigenvalue weighted by Crippen LogP contribution is -2.65. The molecular formula is C34H54O6. The summed E-state index contributed by atoms with van der Waals surface area (Å²) in [6.45, 7) is 10.1. The number of aliphatic hydroxyl groups is 3. The Morgan fingerprint density at radius 1 is 0.975 bits per heavy atom. The topological polar surface area (TPSA) is 104 Å². The van der Waals surface area contributed by atoms with Gasteiger partial charge in [-0.1, -0.05) is 104 Å². The van der Waals surface area contributed by atoms with E-state index < -0.39 is 29.1 Å². The maximum absolute atomic E-state index is 14.3. The lowest BCUT2D eigenvalue weighted by molar-refractivity contribution is -0.190. The van der Waals surface area contributed by atoms with E-state index >= 15 is 0 Å². The number of aliphatic hydroxyl groups excluding tert-OH is 2. The van der Waals surface area contributed by atoms with Crippen LogP contribution in [0.1, 0.15) is 118 Å². The van der Waals surface area contributed by atoms with E-state index in [2.05, 4.69) is 20.8 Å². The summed E-state index contributed by atoms with van der Waals surface area (Å²) in [5.41, 5.74) is -2.65. The van der Waals surface area contributed by atoms with Crippen molar-refractivity contribution < 1.29 is 29.6 Å². The Balaban J connectivity index is 1.35. The summed E-state index contributed by atoms with van der Waals surface area (Å²) >= 11 is 0. The fraction of sp³-hybridized carbons (Fsp3) is 0.824. The number of rotatable bonds is 14. The maximum Gasteiger partial charge on any atom is 0.306 e. The molecule has 3 N–H and O–H groups in total. The highest BCUT2D eigenvalue weighted by molar-refractivity contribution is 5.95. The van der Waals surface area contributed by atoms with E-state index in [4.69, 9.17) is 4.74 Å². The lowest BCUT2D eigenvalue weighted by atomic mass is 9.59. The van der Waals surface area contributed by atoms with Gasteiger partial charge >= 0.3 is 5.97 Å². The van der Waals surface area contributed by atoms with Crippen LogP contribution in [0, 0.1) is 34.5 Å². The molecule has 0 unspecified atom stereocenters. The summed E-state index contributed by atoms with van der Waals surface area (Å²) in [6.07, 6.45) is 14.9. The van der Waals surface area contributed by atoms with Crippen LogP contribution < -0.4 is 0 Å². The predicted molar refractivity (Wildman–Crippen MR) is 156 cm³/mol. The van der Waals surface area contributed by atoms with Crippen LogP contribution in [0.25, 0.3) is 0 Å². The van der Waals surface area contributed by atoms with Crippen LogP contribution in [0.5, 0.6) is 0 Å². The molecule has 0 radical (unpaired) electrons. The molecule has 6 heteroatoms. The Hall–Kier alpha value is -1.50. The molecule has 2 fully saturated rings. The summed E-state index contributed by atoms with van der Waals surface area (Å²) in [4.78, 5) is 26.9. The van der Waals surface area contributed by atoms with Crippen molar-refractivity contribution in [2.75, 3.05) is 6.61 Å². The fourth-order valence-electron chi connectivity index (χ4n) is 8.59. The van der Waals surface area contributed by atoms with Gasteiger partial charge in [0.1, 0.15) is 24.4 Å². The van der Waals surface area contributed by atoms with Crippen LogP contribution in [-0.4, -0.2) is 51.5 Å². The van der Waals surface area contributed by atoms with Crippen molar-refractivity contribution in [3.05, 3.63) is 23.3 Å². The first-order valence-electron chi connectivity index (χ1n) is 16.1. The number of hydrogen-bond acceptors (Lipinski definition) is 6. The third kappa shape index (κ3) is 5.38. The molecule has 0 aromatic rings. The number of allylic oxidation sites excluding steroid dienone is 1. The van der Waals surface area contributed by atoms with Gasteiger partial charge in [-0.25, -0.2) is 0 Å². The number of ketones is 1. The minimum absolute atomic E-state index is 0.0209. The second kappa shape index (κ2) is 12.4. The average Bonchev–Trinajstić information content (AvgIpc) is 3.42. The van der Waals surface area contributed by atoms with Crippen LogP contribution in [0.3, 0.4) is 0 Å². The maximum atomic E-state index is 14.3. The van der Waals surface area contributed by atoms with Crippen molar-refractivity contribution >= 4 is 11.8 Å². The average molecular weight is 559 g/mol. The molecule has 8 atom stereocenters. The van der Waals surface area contributed by atoms with E-state index in [9.17, 15) is 24.9 Å². The van der Waals surface area contributed by atoms with Gasteiger partial charge in [-0.15, -0.1) is 0 Å². The summed E-state index contributed by atoms with van der Waals surface area (Å²) in [7, 11) is 0. The molecule has 0 aliphatic heterocycles. The highest BCUT2D eigenvalue weighted by Crippen LogP contribution is 2.71. The fourth-order valence-corrected chi connectivity index (χ4v) is 8.59. The van der Waals surface area contributed by atoms with E-state index in [1.165, 1.54) is 51.4 Å². The SMILES string of the molecule is CCCCCCCCCCCCCC(=O)OCC1=C[C@H]2C(=O)[C@]3(C=C(C)[C@H](O)[C@@]3(O)[C@@H]1O)[C@H](C)C[C@@H]1[C@H]2C1(C)C. The Bertz CT molecular complexity index is 996. The minimum atomic E-state index is -2.09. The molecule has 1 spiro atoms. The van der Waals surface area contributed by atoms with Gasteiger partial charge in [0.2, 0.25) is 0 Å². The Kier molecular flexibility index (Phi) is 9.74. The van der Waals surface area contributed by atoms with Gasteiger partial charge in [0.25, 0.3) is 0 Å². The number of carbonyl (C=O) groups is 2. The summed E-state index contributed by atoms with van der Waals surface area (Å²) in [5, 5.41) is 34.9. The highest BCUT2D eigenvalue weighted by Gasteiger charge is 2.75. The van der Waals surface area contributed by atoms with Crippen LogP contribution in [0.2, 0.25) is 0 Å². The van der Waals surface area contributed by atoms with E-state index in [-0.39, 0.29) is 35.6 Å². The normalized spacial score (nSPS) is 37.5. The molecule has 226 valence electrons. The molecule has 0 aromatic carbocycles. The summed E-state index contributed by atoms with van der Waals surface area (Å²) in [5.74, 6) is -0.781. The molecular weight excluding hydrogens is 504 g/mol. The third-order valence-electron chi connectivity index (χ3n) is 11.1. The second-order valence-corrected chi connectivity index (χ2v) is 14.1. The zero-order chi connectivity index (χ0) is 29.3. The first-order chi connectivity index (χ1) is 18.9. The van der Waals surface area contributed by atoms with E-state index in [0.29, 0.717) is 23.5 Å². The number of ether oxygens (including phenoxy) is 1. The molecule has 4 rings (SSSR count). The van der Waals surface area contributed by atoms with E-state index in [1.807, 2.05) is 6.92 Å². The number of esters is 1. The molecule has 0 aromatic heterocycles. The third-order valence-corrected chi connectivity index (χ3v) is 11.1. The molecule has 0 amide bonds. The monoisotopic (exact) mass is 558 g/mol. The Morgan fingerprint density at radius 3 is 2.15 bits per heavy atom. The quantitative estimate of drug-likeness (QED) is 0.136. The van der Waals surface area contributed by atoms with Crippen molar-refractivity contribution in [2.24, 2.45) is 34.5 Å². The first kappa shape index (κ1) is 31.4. The summed E-state index contributed by atoms with van der Waals surface area (Å²) < 4.78 is 5.61. The van der Waals surface area contributed by atoms with Gasteiger partial charge in [-0.05, 0) is 54.1 Å². The molecule has 0 heterocycles. The van der Waals surface area contributed by atoms with Crippen molar-refractivity contribution in [1.82, 2.24) is 0 Å². The summed E-state index contributed by atoms with van der Waals surface area (Å²) in [6, 6.07) is 0. The lowest BCUT2D eigenvalue weighted by Gasteiger charge is -2.48. The van der Waals surface area contributed by atoms with Gasteiger partial charge in [0, 0.05) is 12.3 Å². The van der Waals surface area contributed by atoms with Crippen molar-refractivity contribution in [3.8, 4) is 0 Å². The van der Waals surface area contributed by atoms with Gasteiger partial charge < -0.3 is 20.1 Å². The largest absolute Gasteiger partial charge is 0.461 e. The van der Waals surface area contributed by atoms with E-state index in [1.54, 1.807) is 19.1 Å². The zero-order valence-electron chi connectivity index (χ0n) is 25.6. The number of carbonyl (C=O) groups excluding carboxylic acids is 2. The predicted octanol–water partition coefficient (Wildman–Crippen LogP) is 6.07. The molecule has 6 nitrogen and oxygen atoms in total. The van der Waals surface area contributed by atoms with Gasteiger partial charge in [0.05, 0.1) is 5.41 Å². The van der Waals surface area contributed by atoms with Gasteiger partial charge in [-0.2, -0.15) is 0 Å². The second-order valence-electron chi connectivity index (χ2n) is 14.1. The number of unbranched alkanes of at least 4 members (excludes halogenated alkanes) is 10. The highest BCUT2D eigenvalue weighted by atomic mass is 16.5. The van der Waals surface area contributed by atoms with E-state index in [0.717, 1.165) is 25.7 Å². The van der Waals surface area contributed by atoms with Crippen LogP contribution in [-0.2, 0) is 14.3 Å². The molecule has 4 aliphatic rings. The van der Waals surface area contributed by atoms with Gasteiger partial charge in [-0.3, -0.25) is 9.59 Å². The number of Topliss-reactive ketones (excluding diaryl/α,β-unsaturated/α-hetero) is 1. The molecule has 40 heavy (non-hydrogen) atoms. The number of hydrogen-bond donors (Lipinski definition) is 3. The van der Waals surface area contributed by atoms with Crippen molar-refractivity contribution in [2.45, 2.75) is 136 Å². The Morgan fingerprint density at radius 2 is 1.55 bits per heavy atom. The van der Waals surface area contributed by atoms with Crippen LogP contribution in [0.4, 0.5) is 0 Å². The first-order valence-corrected chi connectivity index (χ1v) is 16.1. The van der Waals surface area contributed by atoms with Crippen LogP contribution in [0.15, 0.2) is 23.3 Å². The minimum Gasteiger partial charge on any atom is -0.461 e.